The second-order valence-corrected chi connectivity index (χ2v) is 5.41. The SMILES string of the molecule is N[C@H]1CCCN(c2cc(-c3cccs3)[nH]n2)C1. The van der Waals surface area contributed by atoms with Gasteiger partial charge in [0.1, 0.15) is 0 Å². The van der Waals surface area contributed by atoms with E-state index in [1.165, 1.54) is 4.88 Å². The average molecular weight is 248 g/mol. The van der Waals surface area contributed by atoms with Crippen molar-refractivity contribution >= 4 is 17.2 Å². The number of thiophene rings is 1. The fraction of sp³-hybridized carbons (Fsp3) is 0.417. The molecule has 17 heavy (non-hydrogen) atoms. The molecule has 5 heteroatoms. The highest BCUT2D eigenvalue weighted by atomic mass is 32.1. The van der Waals surface area contributed by atoms with Crippen LogP contribution in [0.4, 0.5) is 5.82 Å². The van der Waals surface area contributed by atoms with Crippen molar-refractivity contribution in [3.63, 3.8) is 0 Å². The largest absolute Gasteiger partial charge is 0.354 e. The molecule has 3 heterocycles. The minimum Gasteiger partial charge on any atom is -0.354 e. The highest BCUT2D eigenvalue weighted by Crippen LogP contribution is 2.26. The first kappa shape index (κ1) is 10.8. The molecule has 1 saturated heterocycles. The molecule has 0 spiro atoms. The molecular formula is C12H16N4S. The summed E-state index contributed by atoms with van der Waals surface area (Å²) in [6.07, 6.45) is 2.28. The summed E-state index contributed by atoms with van der Waals surface area (Å²) in [7, 11) is 0. The van der Waals surface area contributed by atoms with E-state index >= 15 is 0 Å². The fourth-order valence-corrected chi connectivity index (χ4v) is 2.94. The van der Waals surface area contributed by atoms with Crippen molar-refractivity contribution in [3.8, 4) is 10.6 Å². The molecule has 2 aromatic rings. The van der Waals surface area contributed by atoms with Gasteiger partial charge in [0.25, 0.3) is 0 Å². The van der Waals surface area contributed by atoms with Crippen LogP contribution in [0.15, 0.2) is 23.6 Å². The first-order chi connectivity index (χ1) is 8.33. The lowest BCUT2D eigenvalue weighted by atomic mass is 10.1. The Kier molecular flexibility index (Phi) is 2.86. The van der Waals surface area contributed by atoms with Gasteiger partial charge in [0.15, 0.2) is 5.82 Å². The van der Waals surface area contributed by atoms with E-state index in [1.807, 2.05) is 0 Å². The quantitative estimate of drug-likeness (QED) is 0.855. The lowest BCUT2D eigenvalue weighted by Crippen LogP contribution is -2.43. The molecule has 3 rings (SSSR count). The van der Waals surface area contributed by atoms with Crippen LogP contribution in [0.5, 0.6) is 0 Å². The molecule has 0 aliphatic carbocycles. The van der Waals surface area contributed by atoms with Gasteiger partial charge in [-0.15, -0.1) is 11.3 Å². The van der Waals surface area contributed by atoms with Gasteiger partial charge in [-0.3, -0.25) is 5.10 Å². The van der Waals surface area contributed by atoms with Crippen LogP contribution >= 0.6 is 11.3 Å². The number of aromatic nitrogens is 2. The smallest absolute Gasteiger partial charge is 0.151 e. The molecule has 4 nitrogen and oxygen atoms in total. The minimum absolute atomic E-state index is 0.283. The van der Waals surface area contributed by atoms with Crippen molar-refractivity contribution in [1.82, 2.24) is 10.2 Å². The maximum atomic E-state index is 5.99. The summed E-state index contributed by atoms with van der Waals surface area (Å²) in [6, 6.07) is 6.55. The van der Waals surface area contributed by atoms with Gasteiger partial charge in [0, 0.05) is 25.2 Å². The number of rotatable bonds is 2. The number of H-pyrrole nitrogens is 1. The van der Waals surface area contributed by atoms with E-state index in [0.717, 1.165) is 37.4 Å². The summed E-state index contributed by atoms with van der Waals surface area (Å²) in [4.78, 5) is 3.49. The van der Waals surface area contributed by atoms with Crippen LogP contribution in [-0.2, 0) is 0 Å². The Morgan fingerprint density at radius 3 is 3.24 bits per heavy atom. The summed E-state index contributed by atoms with van der Waals surface area (Å²) in [6.45, 7) is 1.97. The van der Waals surface area contributed by atoms with E-state index in [2.05, 4.69) is 38.7 Å². The third kappa shape index (κ3) is 2.21. The zero-order valence-electron chi connectivity index (χ0n) is 9.60. The topological polar surface area (TPSA) is 57.9 Å². The van der Waals surface area contributed by atoms with Crippen molar-refractivity contribution in [2.24, 2.45) is 5.73 Å². The molecule has 90 valence electrons. The Morgan fingerprint density at radius 2 is 2.47 bits per heavy atom. The van der Waals surface area contributed by atoms with Crippen molar-refractivity contribution < 1.29 is 0 Å². The van der Waals surface area contributed by atoms with E-state index < -0.39 is 0 Å². The van der Waals surface area contributed by atoms with E-state index in [-0.39, 0.29) is 6.04 Å². The van der Waals surface area contributed by atoms with Gasteiger partial charge in [-0.05, 0) is 24.3 Å². The summed E-state index contributed by atoms with van der Waals surface area (Å²) in [5.74, 6) is 1.02. The van der Waals surface area contributed by atoms with E-state index in [0.29, 0.717) is 0 Å². The normalized spacial score (nSPS) is 20.8. The van der Waals surface area contributed by atoms with Crippen LogP contribution in [0.1, 0.15) is 12.8 Å². The van der Waals surface area contributed by atoms with E-state index in [4.69, 9.17) is 5.73 Å². The number of piperidine rings is 1. The van der Waals surface area contributed by atoms with Gasteiger partial charge in [0.2, 0.25) is 0 Å². The molecule has 0 bridgehead atoms. The Hall–Kier alpha value is -1.33. The Labute approximate surface area is 104 Å². The van der Waals surface area contributed by atoms with Crippen molar-refractivity contribution in [1.29, 1.82) is 0 Å². The monoisotopic (exact) mass is 248 g/mol. The molecule has 0 unspecified atom stereocenters. The highest BCUT2D eigenvalue weighted by Gasteiger charge is 2.19. The number of hydrogen-bond donors (Lipinski definition) is 2. The maximum absolute atomic E-state index is 5.99. The van der Waals surface area contributed by atoms with Crippen LogP contribution < -0.4 is 10.6 Å². The zero-order chi connectivity index (χ0) is 11.7. The van der Waals surface area contributed by atoms with Crippen LogP contribution in [0.3, 0.4) is 0 Å². The van der Waals surface area contributed by atoms with Gasteiger partial charge >= 0.3 is 0 Å². The number of nitrogens with zero attached hydrogens (tertiary/aromatic N) is 2. The number of nitrogens with two attached hydrogens (primary N) is 1. The van der Waals surface area contributed by atoms with Crippen LogP contribution in [0.2, 0.25) is 0 Å². The van der Waals surface area contributed by atoms with Gasteiger partial charge in [-0.25, -0.2) is 0 Å². The molecule has 2 aromatic heterocycles. The molecule has 0 aromatic carbocycles. The van der Waals surface area contributed by atoms with Gasteiger partial charge < -0.3 is 10.6 Å². The molecule has 0 saturated carbocycles. The molecule has 0 radical (unpaired) electrons. The summed E-state index contributed by atoms with van der Waals surface area (Å²) >= 11 is 1.72. The fourth-order valence-electron chi connectivity index (χ4n) is 2.25. The third-order valence-corrected chi connectivity index (χ3v) is 4.04. The van der Waals surface area contributed by atoms with Crippen molar-refractivity contribution in [2.45, 2.75) is 18.9 Å². The van der Waals surface area contributed by atoms with Crippen LogP contribution in [0.25, 0.3) is 10.6 Å². The highest BCUT2D eigenvalue weighted by molar-refractivity contribution is 7.13. The molecular weight excluding hydrogens is 232 g/mol. The number of hydrogen-bond acceptors (Lipinski definition) is 4. The van der Waals surface area contributed by atoms with E-state index in [9.17, 15) is 0 Å². The molecule has 3 N–H and O–H groups in total. The van der Waals surface area contributed by atoms with Crippen molar-refractivity contribution in [2.75, 3.05) is 18.0 Å². The summed E-state index contributed by atoms with van der Waals surface area (Å²) in [5, 5.41) is 9.56. The van der Waals surface area contributed by atoms with E-state index in [1.54, 1.807) is 11.3 Å². The maximum Gasteiger partial charge on any atom is 0.151 e. The van der Waals surface area contributed by atoms with Gasteiger partial charge in [-0.2, -0.15) is 5.10 Å². The standard InChI is InChI=1S/C12H16N4S/c13-9-3-1-5-16(8-9)12-7-10(14-15-12)11-4-2-6-17-11/h2,4,6-7,9H,1,3,5,8,13H2,(H,14,15)/t9-/m0/s1. The average Bonchev–Trinajstić information content (AvgIpc) is 3.00. The predicted octanol–water partition coefficient (Wildman–Crippen LogP) is 2.07. The molecule has 1 atom stereocenters. The molecule has 1 fully saturated rings. The Morgan fingerprint density at radius 1 is 1.53 bits per heavy atom. The van der Waals surface area contributed by atoms with Crippen LogP contribution in [0, 0.1) is 0 Å². The molecule has 1 aliphatic rings. The first-order valence-corrected chi connectivity index (χ1v) is 6.81. The Bertz CT molecular complexity index is 476. The summed E-state index contributed by atoms with van der Waals surface area (Å²) in [5.41, 5.74) is 7.08. The van der Waals surface area contributed by atoms with Crippen molar-refractivity contribution in [3.05, 3.63) is 23.6 Å². The second kappa shape index (κ2) is 4.50. The third-order valence-electron chi connectivity index (χ3n) is 3.13. The Balaban J connectivity index is 1.80. The molecule has 0 amide bonds. The minimum atomic E-state index is 0.283. The number of nitrogens with one attached hydrogen (secondary N) is 1. The second-order valence-electron chi connectivity index (χ2n) is 4.47. The van der Waals surface area contributed by atoms with Crippen LogP contribution in [-0.4, -0.2) is 29.3 Å². The number of anilines is 1. The lowest BCUT2D eigenvalue weighted by Gasteiger charge is -2.30. The zero-order valence-corrected chi connectivity index (χ0v) is 10.4. The first-order valence-electron chi connectivity index (χ1n) is 5.93. The lowest BCUT2D eigenvalue weighted by molar-refractivity contribution is 0.503. The summed E-state index contributed by atoms with van der Waals surface area (Å²) < 4.78 is 0. The molecule has 1 aliphatic heterocycles. The number of aromatic amines is 1. The predicted molar refractivity (Wildman–Crippen MR) is 71.3 cm³/mol. The van der Waals surface area contributed by atoms with Gasteiger partial charge in [-0.1, -0.05) is 6.07 Å². The van der Waals surface area contributed by atoms with Gasteiger partial charge in [0.05, 0.1) is 10.6 Å².